The van der Waals surface area contributed by atoms with Crippen LogP contribution < -0.4 is 16.0 Å². The Morgan fingerprint density at radius 2 is 1.65 bits per heavy atom. The summed E-state index contributed by atoms with van der Waals surface area (Å²) in [6, 6.07) is 9.29. The Morgan fingerprint density at radius 3 is 2.26 bits per heavy atom. The highest BCUT2D eigenvalue weighted by Gasteiger charge is 2.22. The summed E-state index contributed by atoms with van der Waals surface area (Å²) < 4.78 is 5.81. The molecule has 1 heterocycles. The highest BCUT2D eigenvalue weighted by Crippen LogP contribution is 2.25. The molecule has 2 atom stereocenters. The molecule has 0 amide bonds. The zero-order valence-corrected chi connectivity index (χ0v) is 14.5. The molecule has 3 rings (SSSR count). The Hall–Kier alpha value is -1.26. The maximum absolute atomic E-state index is 5.98. The van der Waals surface area contributed by atoms with Gasteiger partial charge in [0, 0.05) is 37.1 Å². The monoisotopic (exact) mass is 317 g/mol. The summed E-state index contributed by atoms with van der Waals surface area (Å²) in [4.78, 5) is 2.42. The lowest BCUT2D eigenvalue weighted by Gasteiger charge is -2.37. The van der Waals surface area contributed by atoms with E-state index in [1.807, 2.05) is 0 Å². The molecule has 4 heteroatoms. The fourth-order valence-electron chi connectivity index (χ4n) is 3.83. The summed E-state index contributed by atoms with van der Waals surface area (Å²) in [5, 5.41) is 3.59. The molecule has 1 saturated heterocycles. The third kappa shape index (κ3) is 4.61. The smallest absolute Gasteiger partial charge is 0.0726 e. The van der Waals surface area contributed by atoms with Crippen LogP contribution in [0.3, 0.4) is 0 Å². The number of morpholine rings is 1. The van der Waals surface area contributed by atoms with Gasteiger partial charge >= 0.3 is 0 Å². The second-order valence-electron chi connectivity index (χ2n) is 7.37. The van der Waals surface area contributed by atoms with Gasteiger partial charge in [-0.1, -0.05) is 0 Å². The molecular formula is C19H31N3O. The van der Waals surface area contributed by atoms with Crippen molar-refractivity contribution < 1.29 is 4.74 Å². The minimum atomic E-state index is 0.300. The Morgan fingerprint density at radius 1 is 1.04 bits per heavy atom. The highest BCUT2D eigenvalue weighted by atomic mass is 16.5. The number of hydrogen-bond donors (Lipinski definition) is 2. The normalized spacial score (nSPS) is 31.9. The van der Waals surface area contributed by atoms with Crippen LogP contribution >= 0.6 is 0 Å². The van der Waals surface area contributed by atoms with Crippen molar-refractivity contribution in [2.45, 2.75) is 57.8 Å². The molecule has 1 saturated carbocycles. The van der Waals surface area contributed by atoms with Gasteiger partial charge in [-0.2, -0.15) is 0 Å². The zero-order chi connectivity index (χ0) is 16.2. The third-order valence-electron chi connectivity index (χ3n) is 5.14. The van der Waals surface area contributed by atoms with Crippen LogP contribution in [0.25, 0.3) is 0 Å². The summed E-state index contributed by atoms with van der Waals surface area (Å²) >= 11 is 0. The first kappa shape index (κ1) is 16.6. The molecule has 4 nitrogen and oxygen atoms in total. The SMILES string of the molecule is C[C@@H]1CN(c2ccc(NCC3CCC(N)CC3)cc2)C[C@@H](C)O1. The number of nitrogens with one attached hydrogen (secondary N) is 1. The molecule has 2 aliphatic rings. The number of benzene rings is 1. The van der Waals surface area contributed by atoms with Crippen molar-refractivity contribution >= 4 is 11.4 Å². The second kappa shape index (κ2) is 7.54. The fraction of sp³-hybridized carbons (Fsp3) is 0.684. The molecule has 0 aromatic heterocycles. The molecule has 3 N–H and O–H groups in total. The summed E-state index contributed by atoms with van der Waals surface area (Å²) in [6.45, 7) is 7.31. The van der Waals surface area contributed by atoms with Crippen molar-refractivity contribution in [1.82, 2.24) is 0 Å². The first-order valence-electron chi connectivity index (χ1n) is 9.10. The molecule has 0 radical (unpaired) electrons. The van der Waals surface area contributed by atoms with E-state index in [0.29, 0.717) is 18.2 Å². The van der Waals surface area contributed by atoms with Crippen molar-refractivity contribution in [2.24, 2.45) is 11.7 Å². The lowest BCUT2D eigenvalue weighted by molar-refractivity contribution is -0.00521. The van der Waals surface area contributed by atoms with Crippen LogP contribution in [-0.2, 0) is 4.74 Å². The molecule has 0 bridgehead atoms. The fourth-order valence-corrected chi connectivity index (χ4v) is 3.83. The van der Waals surface area contributed by atoms with Gasteiger partial charge in [-0.15, -0.1) is 0 Å². The van der Waals surface area contributed by atoms with Gasteiger partial charge in [0.25, 0.3) is 0 Å². The molecule has 1 aromatic rings. The standard InChI is InChI=1S/C19H31N3O/c1-14-12-22(13-15(2)23-14)19-9-7-18(8-10-19)21-11-16-3-5-17(20)6-4-16/h7-10,14-17,21H,3-6,11-13,20H2,1-2H3/t14-,15-,16?,17?/m1/s1. The van der Waals surface area contributed by atoms with Crippen molar-refractivity contribution in [3.8, 4) is 0 Å². The van der Waals surface area contributed by atoms with Crippen LogP contribution in [0, 0.1) is 5.92 Å². The van der Waals surface area contributed by atoms with Crippen molar-refractivity contribution in [2.75, 3.05) is 29.9 Å². The van der Waals surface area contributed by atoms with Crippen LogP contribution in [0.5, 0.6) is 0 Å². The molecule has 23 heavy (non-hydrogen) atoms. The predicted molar refractivity (Wildman–Crippen MR) is 97.1 cm³/mol. The van der Waals surface area contributed by atoms with E-state index >= 15 is 0 Å². The Kier molecular flexibility index (Phi) is 5.44. The molecular weight excluding hydrogens is 286 g/mol. The number of ether oxygens (including phenoxy) is 1. The van der Waals surface area contributed by atoms with Crippen LogP contribution in [-0.4, -0.2) is 37.9 Å². The van der Waals surface area contributed by atoms with E-state index in [2.05, 4.69) is 48.3 Å². The van der Waals surface area contributed by atoms with E-state index in [-0.39, 0.29) is 0 Å². The van der Waals surface area contributed by atoms with Gasteiger partial charge in [0.2, 0.25) is 0 Å². The maximum Gasteiger partial charge on any atom is 0.0726 e. The van der Waals surface area contributed by atoms with E-state index < -0.39 is 0 Å². The van der Waals surface area contributed by atoms with Gasteiger partial charge in [-0.25, -0.2) is 0 Å². The minimum absolute atomic E-state index is 0.300. The summed E-state index contributed by atoms with van der Waals surface area (Å²) in [7, 11) is 0. The van der Waals surface area contributed by atoms with Gasteiger partial charge in [-0.3, -0.25) is 0 Å². The Balaban J connectivity index is 1.51. The number of anilines is 2. The molecule has 128 valence electrons. The van der Waals surface area contributed by atoms with E-state index in [4.69, 9.17) is 10.5 Å². The molecule has 0 unspecified atom stereocenters. The number of nitrogens with zero attached hydrogens (tertiary/aromatic N) is 1. The average Bonchev–Trinajstić information content (AvgIpc) is 2.54. The van der Waals surface area contributed by atoms with E-state index in [0.717, 1.165) is 25.6 Å². The molecule has 1 aliphatic carbocycles. The number of rotatable bonds is 4. The summed E-state index contributed by atoms with van der Waals surface area (Å²) in [5.74, 6) is 0.774. The quantitative estimate of drug-likeness (QED) is 0.895. The van der Waals surface area contributed by atoms with E-state index in [9.17, 15) is 0 Å². The largest absolute Gasteiger partial charge is 0.385 e. The Bertz CT molecular complexity index is 472. The van der Waals surface area contributed by atoms with Crippen molar-refractivity contribution in [1.29, 1.82) is 0 Å². The van der Waals surface area contributed by atoms with Gasteiger partial charge in [0.05, 0.1) is 12.2 Å². The van der Waals surface area contributed by atoms with E-state index in [1.54, 1.807) is 0 Å². The molecule has 1 aliphatic heterocycles. The summed E-state index contributed by atoms with van der Waals surface area (Å²) in [6.07, 6.45) is 5.48. The number of nitrogens with two attached hydrogens (primary N) is 1. The van der Waals surface area contributed by atoms with Crippen LogP contribution in [0.2, 0.25) is 0 Å². The number of hydrogen-bond acceptors (Lipinski definition) is 4. The topological polar surface area (TPSA) is 50.5 Å². The molecule has 2 fully saturated rings. The molecule has 1 aromatic carbocycles. The third-order valence-corrected chi connectivity index (χ3v) is 5.14. The maximum atomic E-state index is 5.98. The minimum Gasteiger partial charge on any atom is -0.385 e. The Labute approximate surface area is 140 Å². The first-order chi connectivity index (χ1) is 11.1. The van der Waals surface area contributed by atoms with Crippen LogP contribution in [0.4, 0.5) is 11.4 Å². The van der Waals surface area contributed by atoms with Crippen LogP contribution in [0.1, 0.15) is 39.5 Å². The predicted octanol–water partition coefficient (Wildman–Crippen LogP) is 3.23. The lowest BCUT2D eigenvalue weighted by Crippen LogP contribution is -2.45. The first-order valence-corrected chi connectivity index (χ1v) is 9.10. The lowest BCUT2D eigenvalue weighted by atomic mass is 9.86. The average molecular weight is 317 g/mol. The van der Waals surface area contributed by atoms with Crippen molar-refractivity contribution in [3.63, 3.8) is 0 Å². The van der Waals surface area contributed by atoms with Gasteiger partial charge < -0.3 is 20.7 Å². The zero-order valence-electron chi connectivity index (χ0n) is 14.5. The van der Waals surface area contributed by atoms with Gasteiger partial charge in [-0.05, 0) is 69.7 Å². The van der Waals surface area contributed by atoms with Gasteiger partial charge in [0.15, 0.2) is 0 Å². The second-order valence-corrected chi connectivity index (χ2v) is 7.37. The summed E-state index contributed by atoms with van der Waals surface area (Å²) in [5.41, 5.74) is 8.49. The highest BCUT2D eigenvalue weighted by molar-refractivity contribution is 5.55. The van der Waals surface area contributed by atoms with Gasteiger partial charge in [0.1, 0.15) is 0 Å². The molecule has 0 spiro atoms. The van der Waals surface area contributed by atoms with E-state index in [1.165, 1.54) is 37.1 Å². The van der Waals surface area contributed by atoms with Crippen molar-refractivity contribution in [3.05, 3.63) is 24.3 Å². The van der Waals surface area contributed by atoms with Crippen LogP contribution in [0.15, 0.2) is 24.3 Å².